The summed E-state index contributed by atoms with van der Waals surface area (Å²) in [5.74, 6) is 0.213. The molecule has 6 heteroatoms. The minimum Gasteiger partial charge on any atom is -0.347 e. The molecule has 0 aliphatic carbocycles. The van der Waals surface area contributed by atoms with E-state index in [0.717, 1.165) is 29.8 Å². The summed E-state index contributed by atoms with van der Waals surface area (Å²) in [6.45, 7) is 2.03. The van der Waals surface area contributed by atoms with Gasteiger partial charge < -0.3 is 15.5 Å². The van der Waals surface area contributed by atoms with Crippen LogP contribution in [-0.4, -0.2) is 37.0 Å². The quantitative estimate of drug-likeness (QED) is 0.883. The fraction of sp³-hybridized carbons (Fsp3) is 0.368. The number of benzene rings is 1. The van der Waals surface area contributed by atoms with Gasteiger partial charge in [0.25, 0.3) is 5.91 Å². The van der Waals surface area contributed by atoms with Crippen LogP contribution in [0.15, 0.2) is 41.8 Å². The van der Waals surface area contributed by atoms with Gasteiger partial charge in [-0.3, -0.25) is 4.79 Å². The van der Waals surface area contributed by atoms with E-state index in [0.29, 0.717) is 18.7 Å². The number of hydrogen-bond acceptors (Lipinski definition) is 3. The van der Waals surface area contributed by atoms with E-state index >= 15 is 0 Å². The summed E-state index contributed by atoms with van der Waals surface area (Å²) in [6, 6.07) is 11.7. The normalized spacial score (nSPS) is 17.2. The lowest BCUT2D eigenvalue weighted by Crippen LogP contribution is -2.43. The van der Waals surface area contributed by atoms with Crippen molar-refractivity contribution in [2.24, 2.45) is 0 Å². The molecule has 2 heterocycles. The van der Waals surface area contributed by atoms with Gasteiger partial charge in [-0.1, -0.05) is 18.2 Å². The molecule has 0 spiro atoms. The number of carbonyl (C=O) groups is 2. The molecule has 25 heavy (non-hydrogen) atoms. The highest BCUT2D eigenvalue weighted by atomic mass is 32.1. The first-order chi connectivity index (χ1) is 12.2. The Morgan fingerprint density at radius 3 is 2.92 bits per heavy atom. The third kappa shape index (κ3) is 4.39. The van der Waals surface area contributed by atoms with E-state index in [1.165, 1.54) is 0 Å². The SMILES string of the molecule is CNC(=O)N1CCCC(c2cccc(C(=O)NCc3cccs3)c2)C1. The maximum atomic E-state index is 12.4. The van der Waals surface area contributed by atoms with Crippen molar-refractivity contribution in [2.75, 3.05) is 20.1 Å². The molecule has 0 bridgehead atoms. The maximum absolute atomic E-state index is 12.4. The van der Waals surface area contributed by atoms with Gasteiger partial charge >= 0.3 is 6.03 Å². The van der Waals surface area contributed by atoms with Crippen molar-refractivity contribution in [2.45, 2.75) is 25.3 Å². The molecule has 1 aromatic carbocycles. The molecule has 1 fully saturated rings. The van der Waals surface area contributed by atoms with E-state index in [4.69, 9.17) is 0 Å². The average Bonchev–Trinajstić information content (AvgIpc) is 3.19. The molecular formula is C19H23N3O2S. The standard InChI is InChI=1S/C19H23N3O2S/c1-20-19(24)22-9-3-7-16(13-22)14-5-2-6-15(11-14)18(23)21-12-17-8-4-10-25-17/h2,4-6,8,10-11,16H,3,7,9,12-13H2,1H3,(H,20,24)(H,21,23). The molecule has 1 saturated heterocycles. The summed E-state index contributed by atoms with van der Waals surface area (Å²) in [5, 5.41) is 7.66. The Balaban J connectivity index is 1.66. The number of nitrogens with one attached hydrogen (secondary N) is 2. The molecular weight excluding hydrogens is 334 g/mol. The van der Waals surface area contributed by atoms with Crippen LogP contribution < -0.4 is 10.6 Å². The van der Waals surface area contributed by atoms with Gasteiger partial charge in [-0.2, -0.15) is 0 Å². The Morgan fingerprint density at radius 1 is 1.28 bits per heavy atom. The van der Waals surface area contributed by atoms with E-state index in [-0.39, 0.29) is 17.9 Å². The molecule has 3 rings (SSSR count). The highest BCUT2D eigenvalue weighted by Crippen LogP contribution is 2.27. The van der Waals surface area contributed by atoms with E-state index in [9.17, 15) is 9.59 Å². The number of urea groups is 1. The minimum absolute atomic E-state index is 0.0328. The first-order valence-corrected chi connectivity index (χ1v) is 9.42. The summed E-state index contributed by atoms with van der Waals surface area (Å²) in [5.41, 5.74) is 1.79. The van der Waals surface area contributed by atoms with Crippen molar-refractivity contribution in [1.29, 1.82) is 0 Å². The lowest BCUT2D eigenvalue weighted by molar-refractivity contribution is 0.0951. The summed E-state index contributed by atoms with van der Waals surface area (Å²) >= 11 is 1.63. The molecule has 1 atom stereocenters. The topological polar surface area (TPSA) is 61.4 Å². The first kappa shape index (κ1) is 17.5. The third-order valence-corrected chi connectivity index (χ3v) is 5.42. The van der Waals surface area contributed by atoms with Crippen LogP contribution in [0.3, 0.4) is 0 Å². The van der Waals surface area contributed by atoms with E-state index in [1.807, 2.05) is 46.7 Å². The van der Waals surface area contributed by atoms with Crippen molar-refractivity contribution in [1.82, 2.24) is 15.5 Å². The maximum Gasteiger partial charge on any atom is 0.317 e. The monoisotopic (exact) mass is 357 g/mol. The van der Waals surface area contributed by atoms with Gasteiger partial charge in [0.15, 0.2) is 0 Å². The Bertz CT molecular complexity index is 730. The van der Waals surface area contributed by atoms with Crippen molar-refractivity contribution in [3.63, 3.8) is 0 Å². The number of likely N-dealkylation sites (tertiary alicyclic amines) is 1. The Labute approximate surface area is 152 Å². The summed E-state index contributed by atoms with van der Waals surface area (Å²) in [6.07, 6.45) is 2.01. The van der Waals surface area contributed by atoms with Crippen molar-refractivity contribution in [3.8, 4) is 0 Å². The summed E-state index contributed by atoms with van der Waals surface area (Å²) in [4.78, 5) is 27.3. The predicted molar refractivity (Wildman–Crippen MR) is 99.9 cm³/mol. The lowest BCUT2D eigenvalue weighted by atomic mass is 9.89. The predicted octanol–water partition coefficient (Wildman–Crippen LogP) is 3.20. The Morgan fingerprint density at radius 2 is 2.16 bits per heavy atom. The fourth-order valence-corrected chi connectivity index (χ4v) is 3.85. The van der Waals surface area contributed by atoms with Gasteiger partial charge in [0, 0.05) is 36.5 Å². The van der Waals surface area contributed by atoms with Gasteiger partial charge in [-0.15, -0.1) is 11.3 Å². The Hall–Kier alpha value is -2.34. The van der Waals surface area contributed by atoms with E-state index < -0.39 is 0 Å². The van der Waals surface area contributed by atoms with Crippen LogP contribution >= 0.6 is 11.3 Å². The lowest BCUT2D eigenvalue weighted by Gasteiger charge is -2.32. The second-order valence-electron chi connectivity index (χ2n) is 6.23. The number of carbonyl (C=O) groups excluding carboxylic acids is 2. The fourth-order valence-electron chi connectivity index (χ4n) is 3.21. The number of amides is 3. The molecule has 0 saturated carbocycles. The zero-order valence-corrected chi connectivity index (χ0v) is 15.1. The van der Waals surface area contributed by atoms with Crippen LogP contribution in [-0.2, 0) is 6.54 Å². The molecule has 1 aliphatic rings. The largest absolute Gasteiger partial charge is 0.347 e. The van der Waals surface area contributed by atoms with Gasteiger partial charge in [-0.05, 0) is 42.0 Å². The molecule has 0 radical (unpaired) electrons. The van der Waals surface area contributed by atoms with Gasteiger partial charge in [0.2, 0.25) is 0 Å². The zero-order valence-electron chi connectivity index (χ0n) is 14.3. The average molecular weight is 357 g/mol. The summed E-state index contributed by atoms with van der Waals surface area (Å²) < 4.78 is 0. The van der Waals surface area contributed by atoms with Crippen LogP contribution in [0.4, 0.5) is 4.79 Å². The molecule has 1 aromatic heterocycles. The van der Waals surface area contributed by atoms with Gasteiger partial charge in [0.05, 0.1) is 6.54 Å². The van der Waals surface area contributed by atoms with Gasteiger partial charge in [0.1, 0.15) is 0 Å². The number of piperidine rings is 1. The molecule has 132 valence electrons. The second kappa shape index (κ2) is 8.16. The molecule has 1 aliphatic heterocycles. The molecule has 3 amide bonds. The summed E-state index contributed by atoms with van der Waals surface area (Å²) in [7, 11) is 1.66. The number of thiophene rings is 1. The van der Waals surface area contributed by atoms with Crippen LogP contribution in [0, 0.1) is 0 Å². The number of nitrogens with zero attached hydrogens (tertiary/aromatic N) is 1. The zero-order chi connectivity index (χ0) is 17.6. The third-order valence-electron chi connectivity index (χ3n) is 4.55. The molecule has 5 nitrogen and oxygen atoms in total. The second-order valence-corrected chi connectivity index (χ2v) is 7.26. The van der Waals surface area contributed by atoms with Crippen LogP contribution in [0.1, 0.15) is 39.6 Å². The first-order valence-electron chi connectivity index (χ1n) is 8.54. The number of rotatable bonds is 4. The molecule has 1 unspecified atom stereocenters. The van der Waals surface area contributed by atoms with Crippen LogP contribution in [0.5, 0.6) is 0 Å². The van der Waals surface area contributed by atoms with E-state index in [1.54, 1.807) is 18.4 Å². The van der Waals surface area contributed by atoms with Crippen LogP contribution in [0.2, 0.25) is 0 Å². The minimum atomic E-state index is -0.0609. The molecule has 2 aromatic rings. The highest BCUT2D eigenvalue weighted by molar-refractivity contribution is 7.09. The van der Waals surface area contributed by atoms with Gasteiger partial charge in [-0.25, -0.2) is 4.79 Å². The van der Waals surface area contributed by atoms with Crippen molar-refractivity contribution >= 4 is 23.3 Å². The van der Waals surface area contributed by atoms with Crippen LogP contribution in [0.25, 0.3) is 0 Å². The highest BCUT2D eigenvalue weighted by Gasteiger charge is 2.24. The number of hydrogen-bond donors (Lipinski definition) is 2. The van der Waals surface area contributed by atoms with Crippen molar-refractivity contribution < 1.29 is 9.59 Å². The van der Waals surface area contributed by atoms with Crippen molar-refractivity contribution in [3.05, 3.63) is 57.8 Å². The Kier molecular flexibility index (Phi) is 5.71. The smallest absolute Gasteiger partial charge is 0.317 e. The molecule has 2 N–H and O–H groups in total. The van der Waals surface area contributed by atoms with E-state index in [2.05, 4.69) is 10.6 Å².